The summed E-state index contributed by atoms with van der Waals surface area (Å²) in [7, 11) is -9.91. The highest BCUT2D eigenvalue weighted by molar-refractivity contribution is 7.47. The second kappa shape index (κ2) is 71.7. The fraction of sp³-hybridized carbons (Fsp3) is 0.950. The molecule has 0 heterocycles. The van der Waals surface area contributed by atoms with Gasteiger partial charge in [0.2, 0.25) is 0 Å². The van der Waals surface area contributed by atoms with Gasteiger partial charge >= 0.3 is 39.5 Å². The Kier molecular flexibility index (Phi) is 70.3. The Morgan fingerprint density at radius 1 is 0.293 bits per heavy atom. The molecule has 0 aromatic rings. The van der Waals surface area contributed by atoms with Crippen molar-refractivity contribution in [2.45, 2.75) is 439 Å². The third-order valence-corrected chi connectivity index (χ3v) is 21.0. The molecule has 0 aliphatic rings. The first-order valence-electron chi connectivity index (χ1n) is 41.5. The predicted octanol–water partition coefficient (Wildman–Crippen LogP) is 23.9. The summed E-state index contributed by atoms with van der Waals surface area (Å²) in [6.07, 6.45) is 61.0. The van der Waals surface area contributed by atoms with Crippen LogP contribution < -0.4 is 0 Å². The largest absolute Gasteiger partial charge is 0.472 e. The van der Waals surface area contributed by atoms with Gasteiger partial charge in [-0.05, 0) is 37.5 Å². The van der Waals surface area contributed by atoms with Crippen molar-refractivity contribution >= 4 is 39.5 Å². The average Bonchev–Trinajstić information content (AvgIpc) is 1.01. The van der Waals surface area contributed by atoms with E-state index in [4.69, 9.17) is 37.0 Å². The number of ether oxygens (including phenoxy) is 4. The molecule has 17 nitrogen and oxygen atoms in total. The first-order chi connectivity index (χ1) is 47.9. The number of phosphoric acid groups is 2. The number of carbonyl (C=O) groups excluding carboxylic acids is 4. The number of hydrogen-bond acceptors (Lipinski definition) is 15. The molecule has 0 aromatic heterocycles. The van der Waals surface area contributed by atoms with Crippen molar-refractivity contribution < 1.29 is 80.2 Å². The van der Waals surface area contributed by atoms with Crippen molar-refractivity contribution in [2.75, 3.05) is 39.6 Å². The number of carbonyl (C=O) groups is 4. The maximum atomic E-state index is 13.1. The van der Waals surface area contributed by atoms with Crippen LogP contribution >= 0.6 is 15.6 Å². The normalized spacial score (nSPS) is 14.2. The minimum absolute atomic E-state index is 0.108. The molecule has 0 saturated carbocycles. The van der Waals surface area contributed by atoms with E-state index in [0.29, 0.717) is 25.7 Å². The molecule has 3 unspecified atom stereocenters. The molecule has 0 aliphatic heterocycles. The van der Waals surface area contributed by atoms with Gasteiger partial charge in [0.05, 0.1) is 26.4 Å². The summed E-state index contributed by atoms with van der Waals surface area (Å²) in [6.45, 7) is 9.69. The summed E-state index contributed by atoms with van der Waals surface area (Å²) in [4.78, 5) is 72.9. The van der Waals surface area contributed by atoms with Gasteiger partial charge in [0.25, 0.3) is 0 Å². The van der Waals surface area contributed by atoms with E-state index in [1.807, 2.05) is 0 Å². The number of unbranched alkanes of at least 4 members (excludes halogenated alkanes) is 48. The van der Waals surface area contributed by atoms with E-state index in [-0.39, 0.29) is 25.7 Å². The average molecular weight is 1450 g/mol. The van der Waals surface area contributed by atoms with Gasteiger partial charge in [-0.1, -0.05) is 369 Å². The van der Waals surface area contributed by atoms with Crippen molar-refractivity contribution in [3.05, 3.63) is 0 Å². The number of aliphatic hydroxyl groups excluding tert-OH is 1. The van der Waals surface area contributed by atoms with Gasteiger partial charge in [-0.2, -0.15) is 0 Å². The molecule has 0 spiro atoms. The fourth-order valence-corrected chi connectivity index (χ4v) is 13.9. The summed E-state index contributed by atoms with van der Waals surface area (Å²) >= 11 is 0. The van der Waals surface area contributed by atoms with E-state index in [2.05, 4.69) is 41.5 Å². The maximum Gasteiger partial charge on any atom is 0.472 e. The van der Waals surface area contributed by atoms with Gasteiger partial charge < -0.3 is 33.8 Å². The second-order valence-corrected chi connectivity index (χ2v) is 32.4. The fourth-order valence-electron chi connectivity index (χ4n) is 12.3. The third-order valence-electron chi connectivity index (χ3n) is 19.1. The Bertz CT molecular complexity index is 1910. The lowest BCUT2D eigenvalue weighted by Gasteiger charge is -2.21. The van der Waals surface area contributed by atoms with Gasteiger partial charge in [-0.15, -0.1) is 0 Å². The quantitative estimate of drug-likeness (QED) is 0.0222. The van der Waals surface area contributed by atoms with Crippen molar-refractivity contribution in [1.29, 1.82) is 0 Å². The Hall–Kier alpha value is -1.94. The molecule has 588 valence electrons. The third kappa shape index (κ3) is 72.8. The van der Waals surface area contributed by atoms with Crippen molar-refractivity contribution in [1.82, 2.24) is 0 Å². The van der Waals surface area contributed by atoms with E-state index in [0.717, 1.165) is 108 Å². The number of hydrogen-bond donors (Lipinski definition) is 3. The first-order valence-corrected chi connectivity index (χ1v) is 44.5. The zero-order chi connectivity index (χ0) is 72.8. The predicted molar refractivity (Wildman–Crippen MR) is 405 cm³/mol. The van der Waals surface area contributed by atoms with Gasteiger partial charge in [0.1, 0.15) is 19.3 Å². The summed E-state index contributed by atoms with van der Waals surface area (Å²) < 4.78 is 68.6. The van der Waals surface area contributed by atoms with E-state index in [1.54, 1.807) is 0 Å². The van der Waals surface area contributed by atoms with E-state index >= 15 is 0 Å². The smallest absolute Gasteiger partial charge is 0.462 e. The highest BCUT2D eigenvalue weighted by Crippen LogP contribution is 2.45. The summed E-state index contributed by atoms with van der Waals surface area (Å²) in [5.41, 5.74) is 0. The van der Waals surface area contributed by atoms with Crippen LogP contribution in [0.4, 0.5) is 0 Å². The second-order valence-electron chi connectivity index (χ2n) is 29.5. The molecule has 0 fully saturated rings. The van der Waals surface area contributed by atoms with Crippen molar-refractivity contribution in [3.8, 4) is 0 Å². The first kappa shape index (κ1) is 97.1. The highest BCUT2D eigenvalue weighted by Gasteiger charge is 2.30. The lowest BCUT2D eigenvalue weighted by atomic mass is 9.99. The number of aliphatic hydroxyl groups is 1. The molecule has 0 amide bonds. The van der Waals surface area contributed by atoms with Crippen LogP contribution in [0, 0.1) is 11.8 Å². The van der Waals surface area contributed by atoms with Gasteiger partial charge in [0.15, 0.2) is 12.2 Å². The molecule has 0 saturated heterocycles. The minimum atomic E-state index is -4.96. The SMILES string of the molecule is CCCCCCCCCCCCCCCCCCC(=O)O[C@H](COC(=O)CCCCCCCCCC)COP(=O)(O)OC[C@H](O)COP(=O)(O)OC[C@@H](COC(=O)CCCCCCCCCCCCCCCCC(C)C)OC(=O)CCCCCCCCCCCCCCCCC(C)CC. The lowest BCUT2D eigenvalue weighted by molar-refractivity contribution is -0.161. The molecule has 19 heteroatoms. The molecule has 6 atom stereocenters. The van der Waals surface area contributed by atoms with Crippen LogP contribution in [0.3, 0.4) is 0 Å². The summed E-state index contributed by atoms with van der Waals surface area (Å²) in [6, 6.07) is 0. The van der Waals surface area contributed by atoms with E-state index in [9.17, 15) is 43.2 Å². The highest BCUT2D eigenvalue weighted by atomic mass is 31.2. The Balaban J connectivity index is 5.21. The zero-order valence-corrected chi connectivity index (χ0v) is 66.6. The van der Waals surface area contributed by atoms with Gasteiger partial charge in [-0.3, -0.25) is 37.3 Å². The van der Waals surface area contributed by atoms with Crippen LogP contribution in [0.5, 0.6) is 0 Å². The van der Waals surface area contributed by atoms with Crippen LogP contribution in [0.15, 0.2) is 0 Å². The topological polar surface area (TPSA) is 237 Å². The molecule has 0 rings (SSSR count). The molecule has 0 bridgehead atoms. The van der Waals surface area contributed by atoms with E-state index in [1.165, 1.54) is 231 Å². The zero-order valence-electron chi connectivity index (χ0n) is 64.8. The molecular formula is C80H156O17P2. The van der Waals surface area contributed by atoms with E-state index < -0.39 is 97.5 Å². The van der Waals surface area contributed by atoms with Crippen molar-refractivity contribution in [2.24, 2.45) is 11.8 Å². The van der Waals surface area contributed by atoms with Crippen LogP contribution in [0.2, 0.25) is 0 Å². The van der Waals surface area contributed by atoms with Crippen molar-refractivity contribution in [3.63, 3.8) is 0 Å². The Morgan fingerprint density at radius 2 is 0.515 bits per heavy atom. The molecular weight excluding hydrogens is 1290 g/mol. The Morgan fingerprint density at radius 3 is 0.768 bits per heavy atom. The standard InChI is InChI=1S/C80H156O17P2/c1-7-10-12-14-16-18-19-20-21-22-30-35-40-46-52-58-64-79(84)96-75(68-90-77(82)62-56-50-44-17-15-13-11-8-2)70-94-98(86,87)92-66-74(81)67-93-99(88,89)95-71-76(69-91-78(83)63-57-51-45-39-34-29-25-23-27-32-37-42-48-54-60-72(4)5)97-80(85)65-59-53-47-41-36-31-26-24-28-33-38-43-49-55-61-73(6)9-3/h72-76,81H,7-71H2,1-6H3,(H,86,87)(H,88,89)/t73?,74-,75+,76+/m0/s1. The maximum absolute atomic E-state index is 13.1. The van der Waals surface area contributed by atoms with Gasteiger partial charge in [0, 0.05) is 25.7 Å². The van der Waals surface area contributed by atoms with Crippen LogP contribution in [-0.4, -0.2) is 96.7 Å². The molecule has 0 radical (unpaired) electrons. The van der Waals surface area contributed by atoms with Gasteiger partial charge in [-0.25, -0.2) is 9.13 Å². The molecule has 99 heavy (non-hydrogen) atoms. The monoisotopic (exact) mass is 1450 g/mol. The summed E-state index contributed by atoms with van der Waals surface area (Å²) in [5, 5.41) is 10.6. The Labute approximate surface area is 607 Å². The summed E-state index contributed by atoms with van der Waals surface area (Å²) in [5.74, 6) is -0.466. The van der Waals surface area contributed by atoms with Crippen LogP contribution in [-0.2, 0) is 65.4 Å². The number of phosphoric ester groups is 2. The molecule has 3 N–H and O–H groups in total. The van der Waals surface area contributed by atoms with Crippen LogP contribution in [0.25, 0.3) is 0 Å². The molecule has 0 aromatic carbocycles. The molecule has 0 aliphatic carbocycles. The number of rotatable bonds is 79. The van der Waals surface area contributed by atoms with Crippen LogP contribution in [0.1, 0.15) is 420 Å². The lowest BCUT2D eigenvalue weighted by Crippen LogP contribution is -2.30. The minimum Gasteiger partial charge on any atom is -0.462 e. The number of esters is 4.